The van der Waals surface area contributed by atoms with Gasteiger partial charge < -0.3 is 19.3 Å². The summed E-state index contributed by atoms with van der Waals surface area (Å²) < 4.78 is 10.1. The van der Waals surface area contributed by atoms with Crippen LogP contribution in [0.3, 0.4) is 0 Å². The van der Waals surface area contributed by atoms with E-state index in [1.54, 1.807) is 53.5 Å². The molecule has 2 heterocycles. The highest BCUT2D eigenvalue weighted by Gasteiger charge is 2.26. The molecule has 1 saturated heterocycles. The van der Waals surface area contributed by atoms with E-state index in [0.717, 1.165) is 0 Å². The number of thiazole rings is 1. The van der Waals surface area contributed by atoms with Crippen molar-refractivity contribution in [1.82, 2.24) is 14.8 Å². The molecule has 154 valence electrons. The fourth-order valence-corrected chi connectivity index (χ4v) is 3.49. The van der Waals surface area contributed by atoms with Crippen molar-refractivity contribution in [2.24, 2.45) is 0 Å². The van der Waals surface area contributed by atoms with E-state index in [4.69, 9.17) is 9.47 Å². The van der Waals surface area contributed by atoms with E-state index in [9.17, 15) is 14.4 Å². The second-order valence-electron chi connectivity index (χ2n) is 6.20. The highest BCUT2D eigenvalue weighted by Crippen LogP contribution is 2.19. The molecule has 2 aromatic rings. The number of hydrogen-bond acceptors (Lipinski definition) is 7. The van der Waals surface area contributed by atoms with Gasteiger partial charge >= 0.3 is 6.09 Å². The Kier molecular flexibility index (Phi) is 6.65. The molecule has 1 aromatic carbocycles. The molecule has 0 saturated carbocycles. The standard InChI is InChI=1S/C19H22N4O5S/c1-3-28-19(26)23-10-8-22(9-11-23)17(25)15-12-29-18(20-15)21-16(24)13-4-6-14(27-2)7-5-13/h4-7,12H,3,8-11H2,1-2H3,(H,20,21,24). The average molecular weight is 418 g/mol. The summed E-state index contributed by atoms with van der Waals surface area (Å²) in [6, 6.07) is 6.69. The van der Waals surface area contributed by atoms with E-state index >= 15 is 0 Å². The van der Waals surface area contributed by atoms with Crippen LogP contribution in [0.1, 0.15) is 27.8 Å². The maximum atomic E-state index is 12.7. The zero-order chi connectivity index (χ0) is 20.8. The molecule has 3 amide bonds. The van der Waals surface area contributed by atoms with Crippen LogP contribution in [0, 0.1) is 0 Å². The van der Waals surface area contributed by atoms with Gasteiger partial charge in [0.2, 0.25) is 0 Å². The first kappa shape index (κ1) is 20.6. The number of carbonyl (C=O) groups is 3. The fraction of sp³-hybridized carbons (Fsp3) is 0.368. The summed E-state index contributed by atoms with van der Waals surface area (Å²) in [4.78, 5) is 44.2. The van der Waals surface area contributed by atoms with Crippen molar-refractivity contribution in [2.45, 2.75) is 6.92 Å². The quantitative estimate of drug-likeness (QED) is 0.800. The van der Waals surface area contributed by atoms with Gasteiger partial charge in [0.15, 0.2) is 5.13 Å². The van der Waals surface area contributed by atoms with Crippen LogP contribution in [0.5, 0.6) is 5.75 Å². The highest BCUT2D eigenvalue weighted by molar-refractivity contribution is 7.14. The molecule has 0 unspecified atom stereocenters. The van der Waals surface area contributed by atoms with Crippen LogP contribution >= 0.6 is 11.3 Å². The Labute approximate surface area is 172 Å². The number of rotatable bonds is 5. The van der Waals surface area contributed by atoms with Gasteiger partial charge in [-0.05, 0) is 31.2 Å². The molecular formula is C19H22N4O5S. The van der Waals surface area contributed by atoms with Crippen molar-refractivity contribution in [2.75, 3.05) is 45.2 Å². The zero-order valence-electron chi connectivity index (χ0n) is 16.2. The molecule has 9 nitrogen and oxygen atoms in total. The molecule has 1 aromatic heterocycles. The molecule has 0 spiro atoms. The first-order valence-electron chi connectivity index (χ1n) is 9.13. The summed E-state index contributed by atoms with van der Waals surface area (Å²) in [6.45, 7) is 3.71. The smallest absolute Gasteiger partial charge is 0.409 e. The van der Waals surface area contributed by atoms with Crippen LogP contribution in [-0.2, 0) is 4.74 Å². The summed E-state index contributed by atoms with van der Waals surface area (Å²) in [5, 5.41) is 4.66. The highest BCUT2D eigenvalue weighted by atomic mass is 32.1. The lowest BCUT2D eigenvalue weighted by atomic mass is 10.2. The first-order valence-corrected chi connectivity index (χ1v) is 10.0. The second-order valence-corrected chi connectivity index (χ2v) is 7.06. The number of piperazine rings is 1. The predicted molar refractivity (Wildman–Crippen MR) is 108 cm³/mol. The van der Waals surface area contributed by atoms with Crippen molar-refractivity contribution < 1.29 is 23.9 Å². The molecule has 1 aliphatic rings. The number of ether oxygens (including phenoxy) is 2. The minimum absolute atomic E-state index is 0.227. The van der Waals surface area contributed by atoms with Crippen LogP contribution < -0.4 is 10.1 Å². The molecule has 1 fully saturated rings. The lowest BCUT2D eigenvalue weighted by Crippen LogP contribution is -2.50. The number of amides is 3. The third-order valence-corrected chi connectivity index (χ3v) is 5.15. The van der Waals surface area contributed by atoms with Gasteiger partial charge in [-0.3, -0.25) is 14.9 Å². The van der Waals surface area contributed by atoms with Crippen molar-refractivity contribution in [3.63, 3.8) is 0 Å². The molecule has 0 radical (unpaired) electrons. The van der Waals surface area contributed by atoms with E-state index < -0.39 is 0 Å². The van der Waals surface area contributed by atoms with Crippen molar-refractivity contribution in [3.8, 4) is 5.75 Å². The summed E-state index contributed by atoms with van der Waals surface area (Å²) in [5.41, 5.74) is 0.730. The Balaban J connectivity index is 1.56. The van der Waals surface area contributed by atoms with Gasteiger partial charge in [-0.25, -0.2) is 9.78 Å². The monoisotopic (exact) mass is 418 g/mol. The van der Waals surface area contributed by atoms with Crippen molar-refractivity contribution in [3.05, 3.63) is 40.9 Å². The fourth-order valence-electron chi connectivity index (χ4n) is 2.81. The Morgan fingerprint density at radius 3 is 2.38 bits per heavy atom. The number of hydrogen-bond donors (Lipinski definition) is 1. The van der Waals surface area contributed by atoms with Gasteiger partial charge in [0, 0.05) is 37.1 Å². The third kappa shape index (κ3) is 5.02. The number of anilines is 1. The zero-order valence-corrected chi connectivity index (χ0v) is 17.0. The normalized spacial score (nSPS) is 13.7. The maximum Gasteiger partial charge on any atom is 0.409 e. The number of nitrogens with one attached hydrogen (secondary N) is 1. The number of methoxy groups -OCH3 is 1. The first-order chi connectivity index (χ1) is 14.0. The molecule has 10 heteroatoms. The number of carbonyl (C=O) groups excluding carboxylic acids is 3. The van der Waals surface area contributed by atoms with Crippen molar-refractivity contribution in [1.29, 1.82) is 0 Å². The summed E-state index contributed by atoms with van der Waals surface area (Å²) in [5.74, 6) is 0.116. The van der Waals surface area contributed by atoms with E-state index in [2.05, 4.69) is 10.3 Å². The van der Waals surface area contributed by atoms with Gasteiger partial charge in [0.05, 0.1) is 13.7 Å². The predicted octanol–water partition coefficient (Wildman–Crippen LogP) is 2.32. The van der Waals surface area contributed by atoms with Gasteiger partial charge in [0.25, 0.3) is 11.8 Å². The van der Waals surface area contributed by atoms with Crippen LogP contribution in [0.25, 0.3) is 0 Å². The van der Waals surface area contributed by atoms with Gasteiger partial charge in [-0.1, -0.05) is 0 Å². The Bertz CT molecular complexity index is 875. The largest absolute Gasteiger partial charge is 0.497 e. The van der Waals surface area contributed by atoms with Gasteiger partial charge in [-0.15, -0.1) is 11.3 Å². The van der Waals surface area contributed by atoms with Crippen LogP contribution in [0.4, 0.5) is 9.93 Å². The summed E-state index contributed by atoms with van der Waals surface area (Å²) >= 11 is 1.18. The molecule has 1 aliphatic heterocycles. The Morgan fingerprint density at radius 1 is 1.10 bits per heavy atom. The van der Waals surface area contributed by atoms with E-state index in [0.29, 0.717) is 49.2 Å². The molecule has 1 N–H and O–H groups in total. The molecule has 29 heavy (non-hydrogen) atoms. The average Bonchev–Trinajstić information content (AvgIpc) is 3.22. The Morgan fingerprint density at radius 2 is 1.76 bits per heavy atom. The molecule has 0 bridgehead atoms. The third-order valence-electron chi connectivity index (χ3n) is 4.39. The number of benzene rings is 1. The minimum Gasteiger partial charge on any atom is -0.497 e. The summed E-state index contributed by atoms with van der Waals surface area (Å²) in [6.07, 6.45) is -0.364. The van der Waals surface area contributed by atoms with E-state index in [1.165, 1.54) is 11.3 Å². The van der Waals surface area contributed by atoms with Gasteiger partial charge in [0.1, 0.15) is 11.4 Å². The molecule has 0 aliphatic carbocycles. The SMILES string of the molecule is CCOC(=O)N1CCN(C(=O)c2csc(NC(=O)c3ccc(OC)cc3)n2)CC1. The van der Waals surface area contributed by atoms with Crippen LogP contribution in [-0.4, -0.2) is 72.6 Å². The molecule has 3 rings (SSSR count). The van der Waals surface area contributed by atoms with Gasteiger partial charge in [-0.2, -0.15) is 0 Å². The Hall–Kier alpha value is -3.14. The van der Waals surface area contributed by atoms with E-state index in [1.807, 2.05) is 0 Å². The maximum absolute atomic E-state index is 12.7. The van der Waals surface area contributed by atoms with E-state index in [-0.39, 0.29) is 23.6 Å². The number of nitrogens with zero attached hydrogens (tertiary/aromatic N) is 3. The number of aromatic nitrogens is 1. The topological polar surface area (TPSA) is 101 Å². The molecular weight excluding hydrogens is 396 g/mol. The lowest BCUT2D eigenvalue weighted by molar-refractivity contribution is 0.0566. The lowest BCUT2D eigenvalue weighted by Gasteiger charge is -2.33. The van der Waals surface area contributed by atoms with Crippen LogP contribution in [0.15, 0.2) is 29.6 Å². The van der Waals surface area contributed by atoms with Crippen molar-refractivity contribution >= 4 is 34.4 Å². The second kappa shape index (κ2) is 9.37. The summed E-state index contributed by atoms with van der Waals surface area (Å²) in [7, 11) is 1.56. The molecule has 0 atom stereocenters. The van der Waals surface area contributed by atoms with Crippen LogP contribution in [0.2, 0.25) is 0 Å². The minimum atomic E-state index is -0.364.